The predicted molar refractivity (Wildman–Crippen MR) is 67.8 cm³/mol. The van der Waals surface area contributed by atoms with Gasteiger partial charge in [-0.15, -0.1) is 0 Å². The Labute approximate surface area is 113 Å². The van der Waals surface area contributed by atoms with E-state index < -0.39 is 18.6 Å². The van der Waals surface area contributed by atoms with Crippen LogP contribution >= 0.6 is 15.9 Å². The molecule has 0 saturated carbocycles. The van der Waals surface area contributed by atoms with Crippen LogP contribution in [0.2, 0.25) is 0 Å². The largest absolute Gasteiger partial charge is 0.494 e. The molecule has 6 heteroatoms. The van der Waals surface area contributed by atoms with Crippen LogP contribution in [0.15, 0.2) is 22.7 Å². The van der Waals surface area contributed by atoms with E-state index >= 15 is 0 Å². The van der Waals surface area contributed by atoms with Gasteiger partial charge in [0.15, 0.2) is 0 Å². The maximum absolute atomic E-state index is 12.4. The Morgan fingerprint density at radius 1 is 1.39 bits per heavy atom. The van der Waals surface area contributed by atoms with Gasteiger partial charge in [0.25, 0.3) is 0 Å². The quantitative estimate of drug-likeness (QED) is 0.881. The molecule has 2 nitrogen and oxygen atoms in total. The number of hydrogen-bond donors (Lipinski definition) is 1. The van der Waals surface area contributed by atoms with E-state index in [-0.39, 0.29) is 0 Å². The first-order valence-electron chi connectivity index (χ1n) is 5.53. The maximum atomic E-state index is 12.4. The van der Waals surface area contributed by atoms with Crippen molar-refractivity contribution in [3.63, 3.8) is 0 Å². The summed E-state index contributed by atoms with van der Waals surface area (Å²) in [5.41, 5.74) is 0.568. The lowest BCUT2D eigenvalue weighted by Crippen LogP contribution is -2.24. The summed E-state index contributed by atoms with van der Waals surface area (Å²) in [6.45, 7) is 2.37. The highest BCUT2D eigenvalue weighted by molar-refractivity contribution is 9.10. The number of nitrogens with one attached hydrogen (secondary N) is 1. The molecule has 1 unspecified atom stereocenters. The number of alkyl halides is 3. The third-order valence-electron chi connectivity index (χ3n) is 2.44. The third kappa shape index (κ3) is 4.49. The van der Waals surface area contributed by atoms with Crippen molar-refractivity contribution >= 4 is 15.9 Å². The summed E-state index contributed by atoms with van der Waals surface area (Å²) in [6, 6.07) is 4.22. The summed E-state index contributed by atoms with van der Waals surface area (Å²) in [5.74, 6) is 0.634. The van der Waals surface area contributed by atoms with Crippen molar-refractivity contribution in [2.75, 3.05) is 13.7 Å². The van der Waals surface area contributed by atoms with Gasteiger partial charge in [0.05, 0.1) is 13.0 Å². The molecule has 0 heterocycles. The molecule has 0 saturated heterocycles. The molecule has 1 aromatic carbocycles. The molecule has 1 aromatic rings. The smallest absolute Gasteiger partial charge is 0.390 e. The number of rotatable bonds is 5. The van der Waals surface area contributed by atoms with Crippen molar-refractivity contribution in [3.05, 3.63) is 28.2 Å². The number of hydrogen-bond acceptors (Lipinski definition) is 2. The molecule has 0 amide bonds. The zero-order valence-corrected chi connectivity index (χ0v) is 11.7. The second kappa shape index (κ2) is 6.43. The molecule has 102 valence electrons. The van der Waals surface area contributed by atoms with Crippen LogP contribution in [-0.2, 0) is 0 Å². The minimum Gasteiger partial charge on any atom is -0.494 e. The van der Waals surface area contributed by atoms with Crippen molar-refractivity contribution in [1.29, 1.82) is 0 Å². The van der Waals surface area contributed by atoms with E-state index in [0.717, 1.165) is 0 Å². The van der Waals surface area contributed by atoms with Gasteiger partial charge in [-0.2, -0.15) is 13.2 Å². The first-order valence-corrected chi connectivity index (χ1v) is 6.33. The molecule has 0 aromatic heterocycles. The molecule has 1 rings (SSSR count). The molecule has 0 radical (unpaired) electrons. The minimum atomic E-state index is -4.20. The molecular weight excluding hydrogens is 311 g/mol. The first kappa shape index (κ1) is 15.3. The Morgan fingerprint density at radius 3 is 2.50 bits per heavy atom. The van der Waals surface area contributed by atoms with Gasteiger partial charge in [0.2, 0.25) is 0 Å². The Hall–Kier alpha value is -0.750. The molecule has 18 heavy (non-hydrogen) atoms. The summed E-state index contributed by atoms with van der Waals surface area (Å²) in [6.07, 6.45) is -5.11. The Bertz CT molecular complexity index is 395. The highest BCUT2D eigenvalue weighted by atomic mass is 79.9. The van der Waals surface area contributed by atoms with Gasteiger partial charge in [0, 0.05) is 10.5 Å². The number of ether oxygens (including phenoxy) is 1. The zero-order valence-electron chi connectivity index (χ0n) is 10.1. The van der Waals surface area contributed by atoms with Crippen molar-refractivity contribution in [1.82, 2.24) is 5.32 Å². The van der Waals surface area contributed by atoms with E-state index in [1.807, 2.05) is 6.92 Å². The monoisotopic (exact) mass is 325 g/mol. The van der Waals surface area contributed by atoms with Crippen molar-refractivity contribution in [2.24, 2.45) is 0 Å². The summed E-state index contributed by atoms with van der Waals surface area (Å²) < 4.78 is 43.2. The van der Waals surface area contributed by atoms with Crippen LogP contribution in [0.4, 0.5) is 13.2 Å². The maximum Gasteiger partial charge on any atom is 0.390 e. The molecule has 0 aliphatic rings. The molecule has 1 atom stereocenters. The van der Waals surface area contributed by atoms with Gasteiger partial charge in [-0.05, 0) is 31.7 Å². The number of benzene rings is 1. The average Bonchev–Trinajstić information content (AvgIpc) is 2.26. The van der Waals surface area contributed by atoms with E-state index in [4.69, 9.17) is 4.74 Å². The lowest BCUT2D eigenvalue weighted by molar-refractivity contribution is -0.140. The lowest BCUT2D eigenvalue weighted by Gasteiger charge is -2.20. The van der Waals surface area contributed by atoms with Crippen LogP contribution in [0, 0.1) is 0 Å². The molecular formula is C12H15BrF3NO. The number of halogens is 4. The van der Waals surface area contributed by atoms with Crippen molar-refractivity contribution < 1.29 is 17.9 Å². The highest BCUT2D eigenvalue weighted by Crippen LogP contribution is 2.34. The van der Waals surface area contributed by atoms with Crippen LogP contribution in [0.3, 0.4) is 0 Å². The Morgan fingerprint density at radius 2 is 2.06 bits per heavy atom. The fourth-order valence-corrected chi connectivity index (χ4v) is 2.28. The predicted octanol–water partition coefficient (Wildman–Crippen LogP) is 4.06. The van der Waals surface area contributed by atoms with E-state index in [9.17, 15) is 13.2 Å². The van der Waals surface area contributed by atoms with Gasteiger partial charge < -0.3 is 10.1 Å². The molecule has 1 N–H and O–H groups in total. The first-order chi connectivity index (χ1) is 8.37. The lowest BCUT2D eigenvalue weighted by atomic mass is 10.0. The second-order valence-electron chi connectivity index (χ2n) is 3.78. The van der Waals surface area contributed by atoms with Crippen LogP contribution < -0.4 is 10.1 Å². The van der Waals surface area contributed by atoms with Gasteiger partial charge in [-0.25, -0.2) is 0 Å². The molecule has 0 spiro atoms. The van der Waals surface area contributed by atoms with Crippen LogP contribution in [0.25, 0.3) is 0 Å². The Balaban J connectivity index is 2.93. The Kier molecular flexibility index (Phi) is 5.47. The summed E-state index contributed by atoms with van der Waals surface area (Å²) in [4.78, 5) is 0. The van der Waals surface area contributed by atoms with Gasteiger partial charge in [-0.3, -0.25) is 0 Å². The summed E-state index contributed by atoms with van der Waals surface area (Å²) >= 11 is 3.28. The molecule has 0 bridgehead atoms. The van der Waals surface area contributed by atoms with E-state index in [0.29, 0.717) is 22.4 Å². The zero-order chi connectivity index (χ0) is 13.8. The molecule has 0 fully saturated rings. The van der Waals surface area contributed by atoms with E-state index in [1.165, 1.54) is 7.05 Å². The van der Waals surface area contributed by atoms with Gasteiger partial charge in [-0.1, -0.05) is 22.0 Å². The third-order valence-corrected chi connectivity index (χ3v) is 3.13. The van der Waals surface area contributed by atoms with E-state index in [2.05, 4.69) is 21.2 Å². The fourth-order valence-electron chi connectivity index (χ4n) is 1.65. The van der Waals surface area contributed by atoms with Gasteiger partial charge >= 0.3 is 6.18 Å². The summed E-state index contributed by atoms with van der Waals surface area (Å²) in [5, 5.41) is 2.68. The molecule has 0 aliphatic carbocycles. The average molecular weight is 326 g/mol. The topological polar surface area (TPSA) is 21.3 Å². The van der Waals surface area contributed by atoms with Crippen molar-refractivity contribution in [3.8, 4) is 5.75 Å². The van der Waals surface area contributed by atoms with Crippen LogP contribution in [0.1, 0.15) is 24.9 Å². The second-order valence-corrected chi connectivity index (χ2v) is 4.63. The van der Waals surface area contributed by atoms with Crippen molar-refractivity contribution in [2.45, 2.75) is 25.6 Å². The summed E-state index contributed by atoms with van der Waals surface area (Å²) in [7, 11) is 1.51. The SMILES string of the molecule is CCOc1ccc(C(CC(F)(F)F)NC)c(Br)c1. The van der Waals surface area contributed by atoms with Crippen LogP contribution in [0.5, 0.6) is 5.75 Å². The standard InChI is InChI=1S/C12H15BrF3NO/c1-3-18-8-4-5-9(10(13)6-8)11(17-2)7-12(14,15)16/h4-6,11,17H,3,7H2,1-2H3. The van der Waals surface area contributed by atoms with Crippen LogP contribution in [-0.4, -0.2) is 19.8 Å². The van der Waals surface area contributed by atoms with E-state index in [1.54, 1.807) is 18.2 Å². The highest BCUT2D eigenvalue weighted by Gasteiger charge is 2.32. The normalized spacial score (nSPS) is 13.4. The van der Waals surface area contributed by atoms with Gasteiger partial charge in [0.1, 0.15) is 5.75 Å². The minimum absolute atomic E-state index is 0.518. The molecule has 0 aliphatic heterocycles. The fraction of sp³-hybridized carbons (Fsp3) is 0.500.